The van der Waals surface area contributed by atoms with Crippen molar-refractivity contribution in [2.24, 2.45) is 0 Å². The molecule has 136 valence electrons. The van der Waals surface area contributed by atoms with Gasteiger partial charge in [-0.25, -0.2) is 4.79 Å². The molecule has 0 saturated carbocycles. The van der Waals surface area contributed by atoms with Gasteiger partial charge < -0.3 is 24.1 Å². The molecule has 0 spiro atoms. The molecule has 4 unspecified atom stereocenters. The van der Waals surface area contributed by atoms with Gasteiger partial charge in [-0.15, -0.1) is 0 Å². The molecule has 2 saturated heterocycles. The van der Waals surface area contributed by atoms with Gasteiger partial charge in [0.15, 0.2) is 12.4 Å². The van der Waals surface area contributed by atoms with Crippen LogP contribution in [-0.4, -0.2) is 48.7 Å². The van der Waals surface area contributed by atoms with Crippen molar-refractivity contribution in [3.8, 4) is 0 Å². The lowest BCUT2D eigenvalue weighted by Crippen LogP contribution is -2.59. The Hall–Kier alpha value is -2.25. The smallest absolute Gasteiger partial charge is 0.338 e. The van der Waals surface area contributed by atoms with Gasteiger partial charge in [0.05, 0.1) is 18.8 Å². The zero-order chi connectivity index (χ0) is 17.9. The molecule has 2 fully saturated rings. The Labute approximate surface area is 151 Å². The SMILES string of the molecule is O=C(OC1C(O)COC2COC(c3ccccc3)O[C@H]21)c1ccccc1. The van der Waals surface area contributed by atoms with E-state index in [-0.39, 0.29) is 6.61 Å². The Morgan fingerprint density at radius 3 is 2.38 bits per heavy atom. The number of fused-ring (bicyclic) bond motifs is 1. The average molecular weight is 356 g/mol. The van der Waals surface area contributed by atoms with Crippen molar-refractivity contribution >= 4 is 5.97 Å². The van der Waals surface area contributed by atoms with Crippen molar-refractivity contribution in [3.63, 3.8) is 0 Å². The highest BCUT2D eigenvalue weighted by molar-refractivity contribution is 5.89. The van der Waals surface area contributed by atoms with E-state index in [0.29, 0.717) is 12.2 Å². The predicted molar refractivity (Wildman–Crippen MR) is 91.4 cm³/mol. The molecule has 4 rings (SSSR count). The van der Waals surface area contributed by atoms with Gasteiger partial charge in [0.2, 0.25) is 0 Å². The Morgan fingerprint density at radius 2 is 1.65 bits per heavy atom. The van der Waals surface area contributed by atoms with E-state index in [1.165, 1.54) is 0 Å². The van der Waals surface area contributed by atoms with Crippen LogP contribution in [0.5, 0.6) is 0 Å². The molecule has 6 heteroatoms. The minimum atomic E-state index is -0.960. The van der Waals surface area contributed by atoms with E-state index in [1.807, 2.05) is 36.4 Å². The fourth-order valence-corrected chi connectivity index (χ4v) is 3.21. The van der Waals surface area contributed by atoms with Crippen LogP contribution >= 0.6 is 0 Å². The number of hydrogen-bond donors (Lipinski definition) is 1. The molecule has 0 aliphatic carbocycles. The molecule has 0 radical (unpaired) electrons. The molecule has 26 heavy (non-hydrogen) atoms. The summed E-state index contributed by atoms with van der Waals surface area (Å²) in [5.74, 6) is -0.498. The van der Waals surface area contributed by atoms with Gasteiger partial charge in [0.1, 0.15) is 18.3 Å². The third kappa shape index (κ3) is 3.50. The van der Waals surface area contributed by atoms with Crippen molar-refractivity contribution in [3.05, 3.63) is 71.8 Å². The number of esters is 1. The summed E-state index contributed by atoms with van der Waals surface area (Å²) in [6.45, 7) is 0.368. The maximum absolute atomic E-state index is 12.4. The largest absolute Gasteiger partial charge is 0.453 e. The first kappa shape index (κ1) is 17.2. The Morgan fingerprint density at radius 1 is 0.962 bits per heavy atom. The second-order valence-electron chi connectivity index (χ2n) is 6.35. The third-order valence-corrected chi connectivity index (χ3v) is 4.57. The van der Waals surface area contributed by atoms with E-state index in [9.17, 15) is 9.90 Å². The van der Waals surface area contributed by atoms with E-state index in [2.05, 4.69) is 0 Å². The number of aliphatic hydroxyl groups is 1. The molecule has 5 atom stereocenters. The number of carbonyl (C=O) groups is 1. The average Bonchev–Trinajstić information content (AvgIpc) is 2.71. The summed E-state index contributed by atoms with van der Waals surface area (Å²) < 4.78 is 22.9. The van der Waals surface area contributed by atoms with Gasteiger partial charge in [-0.3, -0.25) is 0 Å². The minimum Gasteiger partial charge on any atom is -0.453 e. The molecule has 2 heterocycles. The number of aliphatic hydroxyl groups excluding tert-OH is 1. The van der Waals surface area contributed by atoms with Gasteiger partial charge in [0, 0.05) is 5.56 Å². The fraction of sp³-hybridized carbons (Fsp3) is 0.350. The Kier molecular flexibility index (Phi) is 4.99. The van der Waals surface area contributed by atoms with Gasteiger partial charge in [0.25, 0.3) is 0 Å². The number of carbonyl (C=O) groups excluding carboxylic acids is 1. The van der Waals surface area contributed by atoms with Crippen LogP contribution in [-0.2, 0) is 18.9 Å². The normalized spacial score (nSPS) is 31.0. The molecule has 0 aromatic heterocycles. The van der Waals surface area contributed by atoms with Gasteiger partial charge in [-0.2, -0.15) is 0 Å². The number of hydrogen-bond acceptors (Lipinski definition) is 6. The van der Waals surface area contributed by atoms with E-state index in [0.717, 1.165) is 5.56 Å². The molecule has 0 amide bonds. The molecule has 2 aliphatic rings. The van der Waals surface area contributed by atoms with Crippen molar-refractivity contribution < 1.29 is 28.8 Å². The minimum absolute atomic E-state index is 0.0661. The molecular weight excluding hydrogens is 336 g/mol. The number of ether oxygens (including phenoxy) is 4. The predicted octanol–water partition coefficient (Wildman–Crippen LogP) is 2.09. The lowest BCUT2D eigenvalue weighted by atomic mass is 9.98. The maximum Gasteiger partial charge on any atom is 0.338 e. The van der Waals surface area contributed by atoms with Crippen molar-refractivity contribution in [1.29, 1.82) is 0 Å². The molecular formula is C20H20O6. The highest BCUT2D eigenvalue weighted by atomic mass is 16.7. The number of rotatable bonds is 3. The zero-order valence-electron chi connectivity index (χ0n) is 14.1. The molecule has 2 aromatic carbocycles. The van der Waals surface area contributed by atoms with E-state index >= 15 is 0 Å². The van der Waals surface area contributed by atoms with Crippen LogP contribution in [0.3, 0.4) is 0 Å². The fourth-order valence-electron chi connectivity index (χ4n) is 3.21. The molecule has 2 aromatic rings. The quantitative estimate of drug-likeness (QED) is 0.849. The summed E-state index contributed by atoms with van der Waals surface area (Å²) in [7, 11) is 0. The summed E-state index contributed by atoms with van der Waals surface area (Å²) in [5, 5.41) is 10.3. The van der Waals surface area contributed by atoms with Crippen LogP contribution in [0.4, 0.5) is 0 Å². The van der Waals surface area contributed by atoms with Crippen LogP contribution in [0.15, 0.2) is 60.7 Å². The summed E-state index contributed by atoms with van der Waals surface area (Å²) in [4.78, 5) is 12.4. The first-order valence-corrected chi connectivity index (χ1v) is 8.60. The van der Waals surface area contributed by atoms with E-state index in [4.69, 9.17) is 18.9 Å². The molecule has 0 bridgehead atoms. The van der Waals surface area contributed by atoms with Crippen LogP contribution < -0.4 is 0 Å². The first-order chi connectivity index (χ1) is 12.7. The first-order valence-electron chi connectivity index (χ1n) is 8.60. The molecule has 6 nitrogen and oxygen atoms in total. The summed E-state index contributed by atoms with van der Waals surface area (Å²) >= 11 is 0. The van der Waals surface area contributed by atoms with Gasteiger partial charge in [-0.1, -0.05) is 48.5 Å². The second-order valence-corrected chi connectivity index (χ2v) is 6.35. The highest BCUT2D eigenvalue weighted by Gasteiger charge is 2.47. The topological polar surface area (TPSA) is 74.2 Å². The van der Waals surface area contributed by atoms with Crippen molar-refractivity contribution in [2.45, 2.75) is 30.7 Å². The Balaban J connectivity index is 1.52. The van der Waals surface area contributed by atoms with E-state index < -0.39 is 36.7 Å². The van der Waals surface area contributed by atoms with Gasteiger partial charge in [-0.05, 0) is 12.1 Å². The standard InChI is InChI=1S/C20H20O6/c21-15-11-23-16-12-24-20(14-9-5-2-6-10-14)26-18(16)17(15)25-19(22)13-7-3-1-4-8-13/h1-10,15-18,20-21H,11-12H2/t15?,16?,17?,18-,20?/m1/s1. The lowest BCUT2D eigenvalue weighted by Gasteiger charge is -2.44. The lowest BCUT2D eigenvalue weighted by molar-refractivity contribution is -0.313. The number of benzene rings is 2. The summed E-state index contributed by atoms with van der Waals surface area (Å²) in [6.07, 6.45) is -3.38. The van der Waals surface area contributed by atoms with Gasteiger partial charge >= 0.3 is 5.97 Å². The third-order valence-electron chi connectivity index (χ3n) is 4.57. The van der Waals surface area contributed by atoms with Crippen LogP contribution in [0.2, 0.25) is 0 Å². The Bertz CT molecular complexity index is 734. The van der Waals surface area contributed by atoms with E-state index in [1.54, 1.807) is 24.3 Å². The second kappa shape index (κ2) is 7.55. The highest BCUT2D eigenvalue weighted by Crippen LogP contribution is 2.33. The van der Waals surface area contributed by atoms with Crippen molar-refractivity contribution in [1.82, 2.24) is 0 Å². The maximum atomic E-state index is 12.4. The van der Waals surface area contributed by atoms with Crippen LogP contribution in [0, 0.1) is 0 Å². The molecule has 2 aliphatic heterocycles. The summed E-state index contributed by atoms with van der Waals surface area (Å²) in [6, 6.07) is 18.2. The molecule has 1 N–H and O–H groups in total. The van der Waals surface area contributed by atoms with Crippen LogP contribution in [0.1, 0.15) is 22.2 Å². The van der Waals surface area contributed by atoms with Crippen LogP contribution in [0.25, 0.3) is 0 Å². The monoisotopic (exact) mass is 356 g/mol. The zero-order valence-corrected chi connectivity index (χ0v) is 14.1. The van der Waals surface area contributed by atoms with Crippen molar-refractivity contribution in [2.75, 3.05) is 13.2 Å². The summed E-state index contributed by atoms with van der Waals surface area (Å²) in [5.41, 5.74) is 1.29.